The molecule has 4 amide bonds. The summed E-state index contributed by atoms with van der Waals surface area (Å²) in [6, 6.07) is 8.72. The quantitative estimate of drug-likeness (QED) is 0.329. The smallest absolute Gasteiger partial charge is 0.334 e. The van der Waals surface area contributed by atoms with E-state index in [1.165, 1.54) is 18.2 Å². The molecule has 2 aliphatic heterocycles. The average Bonchev–Trinajstić information content (AvgIpc) is 3.16. The lowest BCUT2D eigenvalue weighted by Gasteiger charge is -2.35. The maximum absolute atomic E-state index is 12.8. The molecule has 4 rings (SSSR count). The average molecular weight is 529 g/mol. The standard InChI is InChI=1S/C25H25ClN4O7/c1-13(24(34)35)12-37-18-8-16(26)7-17(9-18)28-25(36)27-10-14-2-3-19-15(6-14)11-30(23(19)33)20-4-5-21(31)29-22(20)32/h2-3,6-9,20,22,32H,1,4-5,10-12H2,(H,29,31)(H,34,35)(H2,27,28,36). The molecule has 194 valence electrons. The third kappa shape index (κ3) is 6.19. The molecule has 2 aliphatic rings. The number of piperidine rings is 1. The zero-order valence-corrected chi connectivity index (χ0v) is 20.4. The summed E-state index contributed by atoms with van der Waals surface area (Å²) >= 11 is 6.08. The minimum absolute atomic E-state index is 0.131. The SMILES string of the molecule is C=C(COc1cc(Cl)cc(NC(=O)NCc2ccc3c(c2)CN(C2CCC(=O)NC2O)C3=O)c1)C(=O)O. The van der Waals surface area contributed by atoms with Crippen molar-refractivity contribution in [2.75, 3.05) is 11.9 Å². The number of hydrogen-bond donors (Lipinski definition) is 5. The van der Waals surface area contributed by atoms with Gasteiger partial charge in [0.05, 0.1) is 11.6 Å². The van der Waals surface area contributed by atoms with Crippen molar-refractivity contribution < 1.29 is 34.1 Å². The largest absolute Gasteiger partial charge is 0.489 e. The van der Waals surface area contributed by atoms with Crippen LogP contribution in [-0.4, -0.2) is 57.8 Å². The molecule has 2 heterocycles. The number of nitrogens with zero attached hydrogens (tertiary/aromatic N) is 1. The number of anilines is 1. The number of carboxylic acids is 1. The lowest BCUT2D eigenvalue weighted by molar-refractivity contribution is -0.133. The first-order chi connectivity index (χ1) is 17.6. The van der Waals surface area contributed by atoms with E-state index in [0.29, 0.717) is 24.2 Å². The molecule has 2 atom stereocenters. The second kappa shape index (κ2) is 10.9. The van der Waals surface area contributed by atoms with Crippen molar-refractivity contribution in [3.05, 3.63) is 70.3 Å². The number of benzene rings is 2. The van der Waals surface area contributed by atoms with Crippen LogP contribution in [0.3, 0.4) is 0 Å². The molecule has 0 saturated carbocycles. The van der Waals surface area contributed by atoms with E-state index in [2.05, 4.69) is 22.5 Å². The molecular weight excluding hydrogens is 504 g/mol. The highest BCUT2D eigenvalue weighted by molar-refractivity contribution is 6.31. The van der Waals surface area contributed by atoms with Crippen molar-refractivity contribution in [1.82, 2.24) is 15.5 Å². The zero-order valence-electron chi connectivity index (χ0n) is 19.6. The molecule has 1 fully saturated rings. The van der Waals surface area contributed by atoms with Gasteiger partial charge in [0.2, 0.25) is 5.91 Å². The molecule has 2 aromatic carbocycles. The van der Waals surface area contributed by atoms with E-state index in [1.54, 1.807) is 17.0 Å². The van der Waals surface area contributed by atoms with Crippen LogP contribution in [0.5, 0.6) is 5.75 Å². The number of fused-ring (bicyclic) bond motifs is 1. The van der Waals surface area contributed by atoms with Gasteiger partial charge in [0.1, 0.15) is 18.6 Å². The predicted octanol–water partition coefficient (Wildman–Crippen LogP) is 2.23. The van der Waals surface area contributed by atoms with E-state index in [4.69, 9.17) is 21.4 Å². The van der Waals surface area contributed by atoms with Gasteiger partial charge in [0.15, 0.2) is 0 Å². The predicted molar refractivity (Wildman–Crippen MR) is 133 cm³/mol. The summed E-state index contributed by atoms with van der Waals surface area (Å²) in [5, 5.41) is 27.2. The number of rotatable bonds is 8. The number of carbonyl (C=O) groups is 4. The molecule has 0 aliphatic carbocycles. The number of aliphatic carboxylic acids is 1. The maximum Gasteiger partial charge on any atom is 0.334 e. The number of nitrogens with one attached hydrogen (secondary N) is 3. The van der Waals surface area contributed by atoms with Crippen LogP contribution in [0.2, 0.25) is 5.02 Å². The number of urea groups is 1. The number of aliphatic hydroxyl groups is 1. The van der Waals surface area contributed by atoms with Crippen molar-refractivity contribution in [3.63, 3.8) is 0 Å². The van der Waals surface area contributed by atoms with Crippen molar-refractivity contribution in [2.24, 2.45) is 0 Å². The van der Waals surface area contributed by atoms with Crippen molar-refractivity contribution >= 4 is 41.1 Å². The summed E-state index contributed by atoms with van der Waals surface area (Å²) in [7, 11) is 0. The van der Waals surface area contributed by atoms with Crippen molar-refractivity contribution in [1.29, 1.82) is 0 Å². The number of carboxylic acid groups (broad SMARTS) is 1. The first kappa shape index (κ1) is 26.0. The van der Waals surface area contributed by atoms with Crippen LogP contribution >= 0.6 is 11.6 Å². The van der Waals surface area contributed by atoms with Gasteiger partial charge in [0, 0.05) is 41.9 Å². The Hall–Kier alpha value is -4.09. The van der Waals surface area contributed by atoms with Gasteiger partial charge in [-0.05, 0) is 35.7 Å². The molecule has 5 N–H and O–H groups in total. The van der Waals surface area contributed by atoms with Gasteiger partial charge in [-0.15, -0.1) is 0 Å². The molecule has 11 nitrogen and oxygen atoms in total. The van der Waals surface area contributed by atoms with Gasteiger partial charge in [-0.25, -0.2) is 9.59 Å². The molecule has 2 unspecified atom stereocenters. The number of halogens is 1. The molecule has 2 aromatic rings. The van der Waals surface area contributed by atoms with Gasteiger partial charge in [-0.1, -0.05) is 30.3 Å². The Balaban J connectivity index is 1.34. The van der Waals surface area contributed by atoms with Crippen LogP contribution in [0.25, 0.3) is 0 Å². The zero-order chi connectivity index (χ0) is 26.7. The van der Waals surface area contributed by atoms with Crippen LogP contribution in [0.4, 0.5) is 10.5 Å². The summed E-state index contributed by atoms with van der Waals surface area (Å²) in [5.74, 6) is -1.37. The van der Waals surface area contributed by atoms with Crippen LogP contribution in [0, 0.1) is 0 Å². The normalized spacial score (nSPS) is 18.6. The molecule has 0 aromatic heterocycles. The molecule has 1 saturated heterocycles. The Morgan fingerprint density at radius 1 is 1.22 bits per heavy atom. The maximum atomic E-state index is 12.8. The Labute approximate surface area is 217 Å². The first-order valence-electron chi connectivity index (χ1n) is 11.4. The summed E-state index contributed by atoms with van der Waals surface area (Å²) in [4.78, 5) is 49.2. The molecule has 0 spiro atoms. The molecule has 37 heavy (non-hydrogen) atoms. The Kier molecular flexibility index (Phi) is 7.65. The molecule has 12 heteroatoms. The lowest BCUT2D eigenvalue weighted by Crippen LogP contribution is -2.55. The van der Waals surface area contributed by atoms with Gasteiger partial charge in [0.25, 0.3) is 5.91 Å². The second-order valence-electron chi connectivity index (χ2n) is 8.72. The van der Waals surface area contributed by atoms with E-state index in [-0.39, 0.29) is 47.7 Å². The highest BCUT2D eigenvalue weighted by Gasteiger charge is 2.38. The van der Waals surface area contributed by atoms with Gasteiger partial charge >= 0.3 is 12.0 Å². The monoisotopic (exact) mass is 528 g/mol. The fraction of sp³-hybridized carbons (Fsp3) is 0.280. The van der Waals surface area contributed by atoms with Crippen LogP contribution in [-0.2, 0) is 22.7 Å². The summed E-state index contributed by atoms with van der Waals surface area (Å²) in [6.07, 6.45) is -0.492. The van der Waals surface area contributed by atoms with Crippen molar-refractivity contribution in [3.8, 4) is 5.75 Å². The van der Waals surface area contributed by atoms with Crippen molar-refractivity contribution in [2.45, 2.75) is 38.2 Å². The van der Waals surface area contributed by atoms with Gasteiger partial charge in [-0.2, -0.15) is 0 Å². The van der Waals surface area contributed by atoms with E-state index < -0.39 is 24.3 Å². The topological polar surface area (TPSA) is 157 Å². The summed E-state index contributed by atoms with van der Waals surface area (Å²) in [5.41, 5.74) is 2.27. The second-order valence-corrected chi connectivity index (χ2v) is 9.16. The van der Waals surface area contributed by atoms with E-state index in [9.17, 15) is 24.3 Å². The van der Waals surface area contributed by atoms with E-state index in [1.807, 2.05) is 6.07 Å². The Bertz CT molecular complexity index is 1280. The third-order valence-corrected chi connectivity index (χ3v) is 6.26. The van der Waals surface area contributed by atoms with Crippen LogP contribution < -0.4 is 20.7 Å². The number of aliphatic hydroxyl groups excluding tert-OH is 1. The fourth-order valence-electron chi connectivity index (χ4n) is 4.18. The summed E-state index contributed by atoms with van der Waals surface area (Å²) < 4.78 is 5.37. The fourth-order valence-corrected chi connectivity index (χ4v) is 4.40. The molecule has 0 radical (unpaired) electrons. The number of carbonyl (C=O) groups excluding carboxylic acids is 3. The van der Waals surface area contributed by atoms with Crippen LogP contribution in [0.1, 0.15) is 34.3 Å². The third-order valence-electron chi connectivity index (χ3n) is 6.04. The minimum atomic E-state index is -1.18. The molecular formula is C25H25ClN4O7. The number of amides is 4. The Morgan fingerprint density at radius 3 is 2.73 bits per heavy atom. The van der Waals surface area contributed by atoms with Gasteiger partial charge < -0.3 is 35.8 Å². The molecule has 0 bridgehead atoms. The van der Waals surface area contributed by atoms with E-state index in [0.717, 1.165) is 11.1 Å². The number of ether oxygens (including phenoxy) is 1. The summed E-state index contributed by atoms with van der Waals surface area (Å²) in [6.45, 7) is 3.62. The highest BCUT2D eigenvalue weighted by Crippen LogP contribution is 2.29. The van der Waals surface area contributed by atoms with Gasteiger partial charge in [-0.3, -0.25) is 9.59 Å². The van der Waals surface area contributed by atoms with Crippen LogP contribution in [0.15, 0.2) is 48.6 Å². The Morgan fingerprint density at radius 2 is 2.00 bits per heavy atom. The van der Waals surface area contributed by atoms with E-state index >= 15 is 0 Å². The lowest BCUT2D eigenvalue weighted by atomic mass is 10.0. The highest BCUT2D eigenvalue weighted by atomic mass is 35.5. The number of hydrogen-bond acceptors (Lipinski definition) is 6. The minimum Gasteiger partial charge on any atom is -0.489 e. The first-order valence-corrected chi connectivity index (χ1v) is 11.8.